The number of imidazole rings is 1. The normalized spacial score (nSPS) is 11.7. The molecule has 0 spiro atoms. The summed E-state index contributed by atoms with van der Waals surface area (Å²) in [5.41, 5.74) is 10.9. The van der Waals surface area contributed by atoms with E-state index in [1.165, 1.54) is 27.8 Å². The highest BCUT2D eigenvalue weighted by molar-refractivity contribution is 6.07. The first-order valence-electron chi connectivity index (χ1n) is 18.3. The molecule has 9 aromatic rings. The van der Waals surface area contributed by atoms with Gasteiger partial charge in [0.15, 0.2) is 5.65 Å². The topological polar surface area (TPSA) is 57.8 Å². The van der Waals surface area contributed by atoms with Gasteiger partial charge in [0.05, 0.1) is 16.6 Å². The molecule has 0 radical (unpaired) electrons. The predicted molar refractivity (Wildman–Crippen MR) is 217 cm³/mol. The van der Waals surface area contributed by atoms with Crippen LogP contribution in [0.15, 0.2) is 152 Å². The van der Waals surface area contributed by atoms with Gasteiger partial charge in [-0.15, -0.1) is 0 Å². The van der Waals surface area contributed by atoms with Crippen molar-refractivity contribution in [3.63, 3.8) is 0 Å². The third kappa shape index (κ3) is 5.73. The van der Waals surface area contributed by atoms with Gasteiger partial charge >= 0.3 is 0 Å². The van der Waals surface area contributed by atoms with Crippen molar-refractivity contribution in [3.8, 4) is 45.6 Å². The Labute approximate surface area is 309 Å². The fourth-order valence-electron chi connectivity index (χ4n) is 7.50. The fraction of sp³-hybridized carbons (Fsp3) is 0.128. The molecule has 4 aromatic heterocycles. The van der Waals surface area contributed by atoms with E-state index in [0.717, 1.165) is 50.3 Å². The highest BCUT2D eigenvalue weighted by Gasteiger charge is 2.24. The smallest absolute Gasteiger partial charge is 0.221 e. The summed E-state index contributed by atoms with van der Waals surface area (Å²) in [5, 5.41) is 2.16. The van der Waals surface area contributed by atoms with Gasteiger partial charge < -0.3 is 4.74 Å². The molecule has 0 saturated heterocycles. The van der Waals surface area contributed by atoms with Crippen molar-refractivity contribution in [3.05, 3.63) is 163 Å². The Morgan fingerprint density at radius 2 is 1.25 bits per heavy atom. The molecule has 6 nitrogen and oxygen atoms in total. The van der Waals surface area contributed by atoms with Crippen molar-refractivity contribution in [2.45, 2.75) is 39.5 Å². The summed E-state index contributed by atoms with van der Waals surface area (Å²) in [6.45, 7) is 9.10. The van der Waals surface area contributed by atoms with E-state index in [9.17, 15) is 0 Å². The van der Waals surface area contributed by atoms with E-state index in [4.69, 9.17) is 14.7 Å². The first kappa shape index (κ1) is 32.4. The number of aromatic nitrogens is 5. The van der Waals surface area contributed by atoms with E-state index in [1.54, 1.807) is 0 Å². The van der Waals surface area contributed by atoms with Crippen LogP contribution >= 0.6 is 0 Å². The van der Waals surface area contributed by atoms with Crippen molar-refractivity contribution in [2.24, 2.45) is 0 Å². The van der Waals surface area contributed by atoms with Gasteiger partial charge in [0.2, 0.25) is 5.88 Å². The van der Waals surface area contributed by atoms with Crippen LogP contribution in [0.1, 0.15) is 50.7 Å². The molecule has 0 fully saturated rings. The summed E-state index contributed by atoms with van der Waals surface area (Å²) < 4.78 is 11.0. The summed E-state index contributed by atoms with van der Waals surface area (Å²) in [6.07, 6.45) is 1.81. The van der Waals surface area contributed by atoms with Crippen molar-refractivity contribution < 1.29 is 4.74 Å². The van der Waals surface area contributed by atoms with Gasteiger partial charge in [0.1, 0.15) is 17.4 Å². The number of hydrogen-bond acceptors (Lipinski definition) is 4. The molecule has 0 amide bonds. The average molecular weight is 690 g/mol. The second-order valence-electron chi connectivity index (χ2n) is 14.1. The summed E-state index contributed by atoms with van der Waals surface area (Å²) in [6, 6.07) is 50.3. The second-order valence-corrected chi connectivity index (χ2v) is 14.1. The largest absolute Gasteiger partial charge is 0.439 e. The second kappa shape index (κ2) is 13.2. The maximum absolute atomic E-state index is 6.59. The van der Waals surface area contributed by atoms with Crippen LogP contribution < -0.4 is 4.74 Å². The van der Waals surface area contributed by atoms with E-state index in [2.05, 4.69) is 151 Å². The summed E-state index contributed by atoms with van der Waals surface area (Å²) >= 11 is 0. The van der Waals surface area contributed by atoms with Crippen molar-refractivity contribution in [1.29, 1.82) is 0 Å². The Kier molecular flexibility index (Phi) is 8.08. The Hall–Kier alpha value is -6.53. The number of para-hydroxylation sites is 2. The van der Waals surface area contributed by atoms with Gasteiger partial charge in [0.25, 0.3) is 0 Å². The van der Waals surface area contributed by atoms with Crippen LogP contribution in [0.2, 0.25) is 0 Å². The Bertz CT molecular complexity index is 2720. The standard InChI is InChI=1S/C47H39N5O/c1-30(2)38-27-33(32-15-7-5-8-16-32)28-39(31(3)4)45(38)47-49-40-24-22-35(29-42(40)51(47)34-17-9-6-10-18-34)53-44-25-23-37-36-19-11-12-20-41(36)52(46(37)50-44)43-21-13-14-26-48-43/h5-31H,1-4H3. The van der Waals surface area contributed by atoms with Crippen LogP contribution in [0.5, 0.6) is 11.6 Å². The number of ether oxygens (including phenoxy) is 1. The average Bonchev–Trinajstić information content (AvgIpc) is 3.73. The van der Waals surface area contributed by atoms with Crippen LogP contribution in [0.25, 0.3) is 67.0 Å². The maximum atomic E-state index is 6.59. The quantitative estimate of drug-likeness (QED) is 0.159. The molecule has 6 heteroatoms. The molecule has 0 atom stereocenters. The Balaban J connectivity index is 1.21. The molecule has 0 bridgehead atoms. The number of nitrogens with zero attached hydrogens (tertiary/aromatic N) is 5. The molecule has 53 heavy (non-hydrogen) atoms. The number of rotatable bonds is 8. The SMILES string of the molecule is CC(C)c1cc(-c2ccccc2)cc(C(C)C)c1-c1nc2ccc(Oc3ccc4c5ccccc5n(-c5ccccn5)c4n3)cc2n1-c1ccccc1. The lowest BCUT2D eigenvalue weighted by Crippen LogP contribution is -2.06. The van der Waals surface area contributed by atoms with E-state index < -0.39 is 0 Å². The van der Waals surface area contributed by atoms with Crippen molar-refractivity contribution in [2.75, 3.05) is 0 Å². The van der Waals surface area contributed by atoms with E-state index >= 15 is 0 Å². The van der Waals surface area contributed by atoms with E-state index in [-0.39, 0.29) is 11.8 Å². The maximum Gasteiger partial charge on any atom is 0.221 e. The van der Waals surface area contributed by atoms with Gasteiger partial charge in [-0.2, -0.15) is 4.98 Å². The lowest BCUT2D eigenvalue weighted by Gasteiger charge is -2.22. The third-order valence-electron chi connectivity index (χ3n) is 10.0. The first-order chi connectivity index (χ1) is 25.9. The molecule has 0 aliphatic heterocycles. The number of fused-ring (bicyclic) bond motifs is 4. The van der Waals surface area contributed by atoms with Crippen LogP contribution in [0.3, 0.4) is 0 Å². The first-order valence-corrected chi connectivity index (χ1v) is 18.3. The highest BCUT2D eigenvalue weighted by atomic mass is 16.5. The van der Waals surface area contributed by atoms with Crippen LogP contribution in [-0.2, 0) is 0 Å². The zero-order valence-corrected chi connectivity index (χ0v) is 30.2. The van der Waals surface area contributed by atoms with E-state index in [0.29, 0.717) is 11.6 Å². The van der Waals surface area contributed by atoms with E-state index in [1.807, 2.05) is 42.6 Å². The monoisotopic (exact) mass is 689 g/mol. The van der Waals surface area contributed by atoms with Gasteiger partial charge in [-0.1, -0.05) is 113 Å². The van der Waals surface area contributed by atoms with Gasteiger partial charge in [-0.05, 0) is 82.6 Å². The van der Waals surface area contributed by atoms with Crippen LogP contribution in [-0.4, -0.2) is 24.1 Å². The number of hydrogen-bond donors (Lipinski definition) is 0. The molecular weight excluding hydrogens is 651 g/mol. The molecule has 0 unspecified atom stereocenters. The van der Waals surface area contributed by atoms with Crippen molar-refractivity contribution >= 4 is 33.0 Å². The Morgan fingerprint density at radius 3 is 1.96 bits per heavy atom. The molecule has 0 aliphatic rings. The molecule has 0 N–H and O–H groups in total. The molecular formula is C47H39N5O. The molecule has 0 aliphatic carbocycles. The van der Waals surface area contributed by atoms with Gasteiger partial charge in [-0.3, -0.25) is 9.13 Å². The minimum Gasteiger partial charge on any atom is -0.439 e. The lowest BCUT2D eigenvalue weighted by atomic mass is 9.85. The fourth-order valence-corrected chi connectivity index (χ4v) is 7.50. The summed E-state index contributed by atoms with van der Waals surface area (Å²) in [4.78, 5) is 15.1. The zero-order chi connectivity index (χ0) is 36.1. The summed E-state index contributed by atoms with van der Waals surface area (Å²) in [7, 11) is 0. The molecule has 9 rings (SSSR count). The number of pyridine rings is 2. The predicted octanol–water partition coefficient (Wildman–Crippen LogP) is 12.3. The summed E-state index contributed by atoms with van der Waals surface area (Å²) in [5.74, 6) is 3.47. The Morgan fingerprint density at radius 1 is 0.547 bits per heavy atom. The molecule has 5 aromatic carbocycles. The van der Waals surface area contributed by atoms with Gasteiger partial charge in [-0.25, -0.2) is 9.97 Å². The third-order valence-corrected chi connectivity index (χ3v) is 10.0. The van der Waals surface area contributed by atoms with Crippen LogP contribution in [0.4, 0.5) is 0 Å². The van der Waals surface area contributed by atoms with Gasteiger partial charge in [0, 0.05) is 40.4 Å². The van der Waals surface area contributed by atoms with Crippen LogP contribution in [0, 0.1) is 0 Å². The highest BCUT2D eigenvalue weighted by Crippen LogP contribution is 2.42. The lowest BCUT2D eigenvalue weighted by molar-refractivity contribution is 0.465. The minimum absolute atomic E-state index is 0.275. The minimum atomic E-state index is 0.275. The number of benzene rings is 5. The molecule has 4 heterocycles. The zero-order valence-electron chi connectivity index (χ0n) is 30.2. The molecule has 258 valence electrons. The van der Waals surface area contributed by atoms with Crippen molar-refractivity contribution in [1.82, 2.24) is 24.1 Å². The molecule has 0 saturated carbocycles.